The molecule has 1 aromatic carbocycles. The number of nitrogens with one attached hydrogen (secondary N) is 1. The van der Waals surface area contributed by atoms with E-state index in [1.165, 1.54) is 12.0 Å². The van der Waals surface area contributed by atoms with E-state index < -0.39 is 10.0 Å². The fourth-order valence-corrected chi connectivity index (χ4v) is 6.80. The van der Waals surface area contributed by atoms with Gasteiger partial charge in [-0.2, -0.15) is 0 Å². The number of imide groups is 1. The zero-order chi connectivity index (χ0) is 22.0. The maximum atomic E-state index is 13.2. The van der Waals surface area contributed by atoms with Crippen molar-refractivity contribution in [2.45, 2.75) is 81.7 Å². The number of rotatable bonds is 6. The second-order valence-electron chi connectivity index (χ2n) is 9.06. The number of methoxy groups -OCH3 is 1. The van der Waals surface area contributed by atoms with E-state index in [4.69, 9.17) is 4.74 Å². The fraction of sp³-hybridized carbons (Fsp3) is 0.652. The van der Waals surface area contributed by atoms with Crippen LogP contribution in [0.3, 0.4) is 0 Å². The summed E-state index contributed by atoms with van der Waals surface area (Å²) in [5, 5.41) is 0. The first-order valence-corrected chi connectivity index (χ1v) is 12.9. The third kappa shape index (κ3) is 4.65. The molecule has 0 radical (unpaired) electrons. The highest BCUT2D eigenvalue weighted by Crippen LogP contribution is 2.39. The predicted octanol–water partition coefficient (Wildman–Crippen LogP) is 3.37. The monoisotopic (exact) mass is 448 g/mol. The van der Waals surface area contributed by atoms with Crippen LogP contribution < -0.4 is 9.46 Å². The lowest BCUT2D eigenvalue weighted by Crippen LogP contribution is -2.35. The quantitative estimate of drug-likeness (QED) is 0.532. The third-order valence-electron chi connectivity index (χ3n) is 6.97. The van der Waals surface area contributed by atoms with Gasteiger partial charge in [-0.05, 0) is 43.4 Å². The van der Waals surface area contributed by atoms with Crippen LogP contribution in [-0.2, 0) is 26.2 Å². The van der Waals surface area contributed by atoms with E-state index in [1.54, 1.807) is 18.2 Å². The topological polar surface area (TPSA) is 92.8 Å². The first-order chi connectivity index (χ1) is 14.9. The van der Waals surface area contributed by atoms with Crippen LogP contribution in [0.15, 0.2) is 23.1 Å². The van der Waals surface area contributed by atoms with E-state index in [0.717, 1.165) is 64.2 Å². The molecule has 31 heavy (non-hydrogen) atoms. The van der Waals surface area contributed by atoms with Gasteiger partial charge >= 0.3 is 0 Å². The number of hydrogen-bond donors (Lipinski definition) is 1. The largest absolute Gasteiger partial charge is 0.495 e. The lowest BCUT2D eigenvalue weighted by Gasteiger charge is -2.19. The third-order valence-corrected chi connectivity index (χ3v) is 8.51. The number of fused-ring (bicyclic) bond motifs is 1. The first-order valence-electron chi connectivity index (χ1n) is 11.4. The summed E-state index contributed by atoms with van der Waals surface area (Å²) in [7, 11) is -2.34. The molecule has 1 heterocycles. The molecule has 3 aliphatic rings. The second-order valence-corrected chi connectivity index (χ2v) is 10.7. The number of hydrogen-bond acceptors (Lipinski definition) is 5. The number of ether oxygens (including phenoxy) is 1. The summed E-state index contributed by atoms with van der Waals surface area (Å²) in [5.74, 6) is -0.394. The first kappa shape index (κ1) is 22.3. The van der Waals surface area contributed by atoms with Gasteiger partial charge in [0.25, 0.3) is 0 Å². The van der Waals surface area contributed by atoms with Crippen LogP contribution in [0.2, 0.25) is 0 Å². The Kier molecular flexibility index (Phi) is 6.67. The molecule has 1 aromatic rings. The van der Waals surface area contributed by atoms with Crippen molar-refractivity contribution in [3.8, 4) is 5.75 Å². The summed E-state index contributed by atoms with van der Waals surface area (Å²) in [6.07, 6.45) is 9.46. The molecule has 170 valence electrons. The SMILES string of the molecule is COc1ccc(CN2C(=O)[C@H]3CCCC[C@H]3C2=O)cc1S(=O)(=O)NC1CCCCCC1. The molecule has 3 fully saturated rings. The Morgan fingerprint density at radius 2 is 1.52 bits per heavy atom. The zero-order valence-electron chi connectivity index (χ0n) is 18.1. The van der Waals surface area contributed by atoms with Crippen LogP contribution in [0.5, 0.6) is 5.75 Å². The van der Waals surface area contributed by atoms with Gasteiger partial charge in [0.15, 0.2) is 0 Å². The van der Waals surface area contributed by atoms with Gasteiger partial charge in [-0.1, -0.05) is 44.6 Å². The van der Waals surface area contributed by atoms with Gasteiger partial charge in [0, 0.05) is 6.04 Å². The predicted molar refractivity (Wildman–Crippen MR) is 116 cm³/mol. The molecule has 0 aromatic heterocycles. The Bertz CT molecular complexity index is 913. The molecule has 1 saturated heterocycles. The van der Waals surface area contributed by atoms with Crippen LogP contribution in [0.4, 0.5) is 0 Å². The van der Waals surface area contributed by atoms with Gasteiger partial charge in [0.2, 0.25) is 21.8 Å². The van der Waals surface area contributed by atoms with Crippen molar-refractivity contribution in [3.63, 3.8) is 0 Å². The minimum absolute atomic E-state index is 0.0632. The number of carbonyl (C=O) groups excluding carboxylic acids is 2. The molecule has 0 bridgehead atoms. The highest BCUT2D eigenvalue weighted by molar-refractivity contribution is 7.89. The fourth-order valence-electron chi connectivity index (χ4n) is 5.28. The van der Waals surface area contributed by atoms with Gasteiger partial charge in [-0.3, -0.25) is 14.5 Å². The van der Waals surface area contributed by atoms with Gasteiger partial charge in [-0.15, -0.1) is 0 Å². The molecule has 7 nitrogen and oxygen atoms in total. The van der Waals surface area contributed by atoms with E-state index in [9.17, 15) is 18.0 Å². The minimum atomic E-state index is -3.79. The highest BCUT2D eigenvalue weighted by atomic mass is 32.2. The smallest absolute Gasteiger partial charge is 0.244 e. The van der Waals surface area contributed by atoms with E-state index in [2.05, 4.69) is 4.72 Å². The lowest BCUT2D eigenvalue weighted by atomic mass is 9.81. The average molecular weight is 449 g/mol. The van der Waals surface area contributed by atoms with E-state index in [1.807, 2.05) is 0 Å². The molecule has 0 unspecified atom stereocenters. The van der Waals surface area contributed by atoms with Gasteiger partial charge in [0.05, 0.1) is 25.5 Å². The molecule has 8 heteroatoms. The number of likely N-dealkylation sites (tertiary alicyclic amines) is 1. The van der Waals surface area contributed by atoms with Crippen molar-refractivity contribution in [1.82, 2.24) is 9.62 Å². The molecule has 1 N–H and O–H groups in total. The van der Waals surface area contributed by atoms with Gasteiger partial charge < -0.3 is 4.74 Å². The van der Waals surface area contributed by atoms with Crippen LogP contribution in [0, 0.1) is 11.8 Å². The Balaban J connectivity index is 1.56. The Hall–Kier alpha value is -1.93. The van der Waals surface area contributed by atoms with E-state index in [-0.39, 0.29) is 46.9 Å². The standard InChI is InChI=1S/C23H32N2O5S/c1-30-20-13-12-16(15-25-22(26)18-10-6-7-11-19(18)23(25)27)14-21(20)31(28,29)24-17-8-4-2-3-5-9-17/h12-14,17-19,24H,2-11,15H2,1H3/t18-,19+. The molecule has 1 aliphatic heterocycles. The summed E-state index contributed by atoms with van der Waals surface area (Å²) in [5.41, 5.74) is 0.613. The normalized spacial score (nSPS) is 25.4. The molecular weight excluding hydrogens is 416 g/mol. The number of amides is 2. The highest BCUT2D eigenvalue weighted by Gasteiger charge is 2.47. The van der Waals surface area contributed by atoms with Crippen molar-refractivity contribution < 1.29 is 22.7 Å². The Morgan fingerprint density at radius 3 is 2.10 bits per heavy atom. The van der Waals surface area contributed by atoms with E-state index >= 15 is 0 Å². The van der Waals surface area contributed by atoms with Crippen LogP contribution in [0.25, 0.3) is 0 Å². The van der Waals surface area contributed by atoms with Crippen molar-refractivity contribution in [2.75, 3.05) is 7.11 Å². The number of benzene rings is 1. The van der Waals surface area contributed by atoms with Crippen molar-refractivity contribution in [1.29, 1.82) is 0 Å². The molecule has 2 saturated carbocycles. The summed E-state index contributed by atoms with van der Waals surface area (Å²) < 4.78 is 34.5. The maximum absolute atomic E-state index is 13.2. The van der Waals surface area contributed by atoms with E-state index in [0.29, 0.717) is 5.56 Å². The Morgan fingerprint density at radius 1 is 0.935 bits per heavy atom. The summed E-state index contributed by atoms with van der Waals surface area (Å²) in [6.45, 7) is 0.0978. The van der Waals surface area contributed by atoms with Crippen LogP contribution in [0.1, 0.15) is 69.8 Å². The zero-order valence-corrected chi connectivity index (χ0v) is 19.0. The van der Waals surface area contributed by atoms with Crippen molar-refractivity contribution in [2.24, 2.45) is 11.8 Å². The van der Waals surface area contributed by atoms with Crippen molar-refractivity contribution >= 4 is 21.8 Å². The van der Waals surface area contributed by atoms with Crippen LogP contribution >= 0.6 is 0 Å². The maximum Gasteiger partial charge on any atom is 0.244 e. The number of carbonyl (C=O) groups is 2. The van der Waals surface area contributed by atoms with Gasteiger partial charge in [-0.25, -0.2) is 13.1 Å². The molecule has 2 aliphatic carbocycles. The van der Waals surface area contributed by atoms with Gasteiger partial charge in [0.1, 0.15) is 10.6 Å². The summed E-state index contributed by atoms with van der Waals surface area (Å²) >= 11 is 0. The van der Waals surface area contributed by atoms with Crippen LogP contribution in [-0.4, -0.2) is 38.3 Å². The number of nitrogens with zero attached hydrogens (tertiary/aromatic N) is 1. The summed E-state index contributed by atoms with van der Waals surface area (Å²) in [4.78, 5) is 27.0. The molecule has 2 atom stereocenters. The summed E-state index contributed by atoms with van der Waals surface area (Å²) in [6, 6.07) is 4.80. The molecule has 0 spiro atoms. The second kappa shape index (κ2) is 9.28. The Labute approximate surface area is 184 Å². The molecule has 4 rings (SSSR count). The average Bonchev–Trinajstić information content (AvgIpc) is 2.94. The minimum Gasteiger partial charge on any atom is -0.495 e. The lowest BCUT2D eigenvalue weighted by molar-refractivity contribution is -0.140. The van der Waals surface area contributed by atoms with Crippen molar-refractivity contribution in [3.05, 3.63) is 23.8 Å². The number of sulfonamides is 1. The molecule has 2 amide bonds. The molecular formula is C23H32N2O5S.